The van der Waals surface area contributed by atoms with Crippen molar-refractivity contribution in [2.75, 3.05) is 27.4 Å². The first-order valence-corrected chi connectivity index (χ1v) is 10.3. The van der Waals surface area contributed by atoms with E-state index in [9.17, 15) is 0 Å². The number of nitrogens with one attached hydrogen (secondary N) is 2. The highest BCUT2D eigenvalue weighted by molar-refractivity contribution is 14.0. The molecule has 32 heavy (non-hydrogen) atoms. The molecule has 0 aliphatic rings. The fourth-order valence-corrected chi connectivity index (χ4v) is 3.00. The van der Waals surface area contributed by atoms with Gasteiger partial charge in [-0.3, -0.25) is 4.99 Å². The van der Waals surface area contributed by atoms with Crippen LogP contribution >= 0.6 is 24.0 Å². The lowest BCUT2D eigenvalue weighted by molar-refractivity contribution is 0.171. The van der Waals surface area contributed by atoms with E-state index in [0.717, 1.165) is 34.6 Å². The Bertz CT molecular complexity index is 976. The minimum Gasteiger partial charge on any atom is -0.493 e. The minimum absolute atomic E-state index is 0. The SMILES string of the molecule is CN=C(NCc1coc(-c2ccccc2)n1)NCc1ccc(C)cc1OCCCOC.I. The summed E-state index contributed by atoms with van der Waals surface area (Å²) in [4.78, 5) is 8.83. The van der Waals surface area contributed by atoms with Crippen molar-refractivity contribution < 1.29 is 13.9 Å². The van der Waals surface area contributed by atoms with Crippen LogP contribution in [0.5, 0.6) is 5.75 Å². The monoisotopic (exact) mass is 550 g/mol. The molecule has 1 aromatic heterocycles. The number of hydrogen-bond acceptors (Lipinski definition) is 5. The van der Waals surface area contributed by atoms with Crippen molar-refractivity contribution in [2.24, 2.45) is 4.99 Å². The van der Waals surface area contributed by atoms with E-state index >= 15 is 0 Å². The lowest BCUT2D eigenvalue weighted by atomic mass is 10.1. The van der Waals surface area contributed by atoms with E-state index in [4.69, 9.17) is 13.9 Å². The zero-order valence-corrected chi connectivity index (χ0v) is 21.1. The van der Waals surface area contributed by atoms with E-state index in [2.05, 4.69) is 45.7 Å². The second-order valence-electron chi connectivity index (χ2n) is 7.10. The normalized spacial score (nSPS) is 11.0. The summed E-state index contributed by atoms with van der Waals surface area (Å²) in [6.07, 6.45) is 2.51. The molecule has 0 aliphatic carbocycles. The van der Waals surface area contributed by atoms with Gasteiger partial charge in [0.05, 0.1) is 18.8 Å². The summed E-state index contributed by atoms with van der Waals surface area (Å²) >= 11 is 0. The Balaban J connectivity index is 0.00000363. The summed E-state index contributed by atoms with van der Waals surface area (Å²) in [6, 6.07) is 16.0. The molecule has 172 valence electrons. The zero-order chi connectivity index (χ0) is 21.9. The molecule has 0 fully saturated rings. The van der Waals surface area contributed by atoms with Gasteiger partial charge in [-0.2, -0.15) is 0 Å². The Hall–Kier alpha value is -2.59. The van der Waals surface area contributed by atoms with Crippen LogP contribution in [-0.4, -0.2) is 38.3 Å². The van der Waals surface area contributed by atoms with Crippen LogP contribution in [-0.2, 0) is 17.8 Å². The first-order chi connectivity index (χ1) is 15.2. The number of guanidine groups is 1. The Morgan fingerprint density at radius 3 is 2.59 bits per heavy atom. The van der Waals surface area contributed by atoms with E-state index in [0.29, 0.717) is 38.2 Å². The highest BCUT2D eigenvalue weighted by atomic mass is 127. The minimum atomic E-state index is 0. The molecular weight excluding hydrogens is 519 g/mol. The standard InChI is InChI=1S/C24H30N4O3.HI/c1-18-10-11-20(22(14-18)30-13-7-12-29-3)15-26-24(25-2)27-16-21-17-31-23(28-21)19-8-5-4-6-9-19;/h4-6,8-11,14,17H,7,12-13,15-16H2,1-3H3,(H2,25,26,27);1H. The number of hydrogen-bond donors (Lipinski definition) is 2. The fourth-order valence-electron chi connectivity index (χ4n) is 3.00. The quantitative estimate of drug-likeness (QED) is 0.167. The van der Waals surface area contributed by atoms with Gasteiger partial charge in [0.15, 0.2) is 5.96 Å². The van der Waals surface area contributed by atoms with Gasteiger partial charge in [-0.15, -0.1) is 24.0 Å². The summed E-state index contributed by atoms with van der Waals surface area (Å²) < 4.78 is 16.6. The molecule has 0 saturated carbocycles. The molecule has 0 saturated heterocycles. The maximum absolute atomic E-state index is 5.96. The molecule has 3 rings (SSSR count). The highest BCUT2D eigenvalue weighted by Crippen LogP contribution is 2.21. The number of nitrogens with zero attached hydrogens (tertiary/aromatic N) is 2. The van der Waals surface area contributed by atoms with E-state index in [1.165, 1.54) is 0 Å². The number of aryl methyl sites for hydroxylation is 1. The molecule has 2 N–H and O–H groups in total. The third-order valence-corrected chi connectivity index (χ3v) is 4.65. The van der Waals surface area contributed by atoms with Crippen molar-refractivity contribution in [3.05, 3.63) is 71.6 Å². The largest absolute Gasteiger partial charge is 0.493 e. The van der Waals surface area contributed by atoms with Gasteiger partial charge in [0.2, 0.25) is 5.89 Å². The Labute approximate surface area is 206 Å². The maximum Gasteiger partial charge on any atom is 0.226 e. The van der Waals surface area contributed by atoms with Crippen LogP contribution < -0.4 is 15.4 Å². The van der Waals surface area contributed by atoms with Gasteiger partial charge in [-0.25, -0.2) is 4.98 Å². The third-order valence-electron chi connectivity index (χ3n) is 4.65. The smallest absolute Gasteiger partial charge is 0.226 e. The maximum atomic E-state index is 5.96. The summed E-state index contributed by atoms with van der Waals surface area (Å²) in [6.45, 7) is 4.45. The van der Waals surface area contributed by atoms with Gasteiger partial charge in [0.1, 0.15) is 12.0 Å². The number of aromatic nitrogens is 1. The van der Waals surface area contributed by atoms with Gasteiger partial charge in [-0.1, -0.05) is 30.3 Å². The molecule has 0 aliphatic heterocycles. The second kappa shape index (κ2) is 13.7. The topological polar surface area (TPSA) is 80.9 Å². The fraction of sp³-hybridized carbons (Fsp3) is 0.333. The van der Waals surface area contributed by atoms with Crippen molar-refractivity contribution in [3.8, 4) is 17.2 Å². The van der Waals surface area contributed by atoms with Crippen LogP contribution in [0.1, 0.15) is 23.2 Å². The molecule has 7 nitrogen and oxygen atoms in total. The average molecular weight is 550 g/mol. The molecule has 0 atom stereocenters. The van der Waals surface area contributed by atoms with Crippen LogP contribution in [0, 0.1) is 6.92 Å². The van der Waals surface area contributed by atoms with E-state index in [1.807, 2.05) is 30.3 Å². The molecule has 3 aromatic rings. The Morgan fingerprint density at radius 2 is 1.84 bits per heavy atom. The number of benzene rings is 2. The zero-order valence-electron chi connectivity index (χ0n) is 18.8. The molecule has 0 radical (unpaired) electrons. The Kier molecular flexibility index (Phi) is 11.0. The number of aliphatic imine (C=N–C) groups is 1. The molecular formula is C24H31IN4O3. The third kappa shape index (κ3) is 7.83. The van der Waals surface area contributed by atoms with Crippen molar-refractivity contribution in [3.63, 3.8) is 0 Å². The molecule has 8 heteroatoms. The number of methoxy groups -OCH3 is 1. The van der Waals surface area contributed by atoms with Crippen LogP contribution in [0.3, 0.4) is 0 Å². The van der Waals surface area contributed by atoms with E-state index < -0.39 is 0 Å². The van der Waals surface area contributed by atoms with Crippen molar-refractivity contribution in [2.45, 2.75) is 26.4 Å². The van der Waals surface area contributed by atoms with Crippen LogP contribution in [0.15, 0.2) is 64.2 Å². The van der Waals surface area contributed by atoms with Crippen LogP contribution in [0.2, 0.25) is 0 Å². The number of halogens is 1. The van der Waals surface area contributed by atoms with Gasteiger partial charge in [0.25, 0.3) is 0 Å². The van der Waals surface area contributed by atoms with Crippen LogP contribution in [0.25, 0.3) is 11.5 Å². The predicted octanol–water partition coefficient (Wildman–Crippen LogP) is 4.55. The first kappa shape index (κ1) is 25.7. The molecule has 0 amide bonds. The summed E-state index contributed by atoms with van der Waals surface area (Å²) in [5.41, 5.74) is 3.99. The first-order valence-electron chi connectivity index (χ1n) is 10.3. The molecule has 1 heterocycles. The van der Waals surface area contributed by atoms with E-state index in [-0.39, 0.29) is 24.0 Å². The number of ether oxygens (including phenoxy) is 2. The van der Waals surface area contributed by atoms with Crippen molar-refractivity contribution in [1.29, 1.82) is 0 Å². The molecule has 0 unspecified atom stereocenters. The second-order valence-corrected chi connectivity index (χ2v) is 7.10. The summed E-state index contributed by atoms with van der Waals surface area (Å²) in [5.74, 6) is 2.16. The molecule has 0 bridgehead atoms. The van der Waals surface area contributed by atoms with Crippen LogP contribution in [0.4, 0.5) is 0 Å². The van der Waals surface area contributed by atoms with Gasteiger partial charge in [0, 0.05) is 44.9 Å². The number of oxazole rings is 1. The summed E-state index contributed by atoms with van der Waals surface area (Å²) in [5, 5.41) is 6.60. The van der Waals surface area contributed by atoms with E-state index in [1.54, 1.807) is 20.4 Å². The Morgan fingerprint density at radius 1 is 1.06 bits per heavy atom. The predicted molar refractivity (Wildman–Crippen MR) is 138 cm³/mol. The summed E-state index contributed by atoms with van der Waals surface area (Å²) in [7, 11) is 3.44. The number of rotatable bonds is 10. The average Bonchev–Trinajstić information content (AvgIpc) is 3.27. The highest BCUT2D eigenvalue weighted by Gasteiger charge is 2.09. The lowest BCUT2D eigenvalue weighted by Gasteiger charge is -2.15. The van der Waals surface area contributed by atoms with Gasteiger partial charge < -0.3 is 24.5 Å². The van der Waals surface area contributed by atoms with Gasteiger partial charge in [-0.05, 0) is 30.7 Å². The van der Waals surface area contributed by atoms with Crippen molar-refractivity contribution >= 4 is 29.9 Å². The lowest BCUT2D eigenvalue weighted by Crippen LogP contribution is -2.36. The molecule has 0 spiro atoms. The van der Waals surface area contributed by atoms with Gasteiger partial charge >= 0.3 is 0 Å². The van der Waals surface area contributed by atoms with Crippen molar-refractivity contribution in [1.82, 2.24) is 15.6 Å². The molecule has 2 aromatic carbocycles.